The number of halogens is 3. The summed E-state index contributed by atoms with van der Waals surface area (Å²) in [6.45, 7) is 2.74. The van der Waals surface area contributed by atoms with Crippen molar-refractivity contribution in [3.63, 3.8) is 0 Å². The Labute approximate surface area is 148 Å². The standard InChI is InChI=1S/C19H18F3N3O/c1-12-5-7-13(8-6-12)18(9-10-18)16-24-23-15-14(4-3-11-25(15)16)17(2,26)19(20,21)22/h3-8,11,26H,9-10H2,1-2H3. The van der Waals surface area contributed by atoms with Crippen LogP contribution in [0.5, 0.6) is 0 Å². The van der Waals surface area contributed by atoms with Crippen LogP contribution >= 0.6 is 0 Å². The van der Waals surface area contributed by atoms with E-state index < -0.39 is 11.8 Å². The Bertz CT molecular complexity index is 970. The minimum absolute atomic E-state index is 0.0308. The fourth-order valence-corrected chi connectivity index (χ4v) is 3.41. The summed E-state index contributed by atoms with van der Waals surface area (Å²) < 4.78 is 41.5. The lowest BCUT2D eigenvalue weighted by Crippen LogP contribution is -2.39. The molecule has 1 aliphatic carbocycles. The van der Waals surface area contributed by atoms with Crippen LogP contribution in [0.15, 0.2) is 42.6 Å². The first-order chi connectivity index (χ1) is 12.2. The highest BCUT2D eigenvalue weighted by molar-refractivity contribution is 5.53. The predicted octanol–water partition coefficient (Wildman–Crippen LogP) is 3.89. The van der Waals surface area contributed by atoms with Crippen molar-refractivity contribution >= 4 is 5.65 Å². The normalized spacial score (nSPS) is 18.7. The van der Waals surface area contributed by atoms with Crippen LogP contribution in [-0.2, 0) is 11.0 Å². The van der Waals surface area contributed by atoms with Crippen molar-refractivity contribution in [1.82, 2.24) is 14.6 Å². The number of nitrogens with zero attached hydrogens (tertiary/aromatic N) is 3. The second-order valence-corrected chi connectivity index (χ2v) is 7.16. The van der Waals surface area contributed by atoms with Crippen molar-refractivity contribution in [3.8, 4) is 0 Å². The van der Waals surface area contributed by atoms with Crippen LogP contribution in [0.25, 0.3) is 5.65 Å². The third-order valence-corrected chi connectivity index (χ3v) is 5.29. The van der Waals surface area contributed by atoms with Gasteiger partial charge in [0, 0.05) is 11.8 Å². The monoisotopic (exact) mass is 361 g/mol. The van der Waals surface area contributed by atoms with E-state index in [9.17, 15) is 18.3 Å². The molecule has 26 heavy (non-hydrogen) atoms. The maximum Gasteiger partial charge on any atom is 0.421 e. The van der Waals surface area contributed by atoms with E-state index in [1.165, 1.54) is 12.1 Å². The van der Waals surface area contributed by atoms with Crippen molar-refractivity contribution in [2.75, 3.05) is 0 Å². The van der Waals surface area contributed by atoms with E-state index in [1.807, 2.05) is 31.2 Å². The molecule has 1 aromatic carbocycles. The molecule has 3 aromatic rings. The number of aliphatic hydroxyl groups is 1. The smallest absolute Gasteiger partial charge is 0.376 e. The van der Waals surface area contributed by atoms with Gasteiger partial charge in [-0.2, -0.15) is 13.2 Å². The Hall–Kier alpha value is -2.41. The second-order valence-electron chi connectivity index (χ2n) is 7.16. The van der Waals surface area contributed by atoms with Gasteiger partial charge in [0.15, 0.2) is 11.2 Å². The second kappa shape index (κ2) is 5.30. The number of alkyl halides is 3. The van der Waals surface area contributed by atoms with Crippen LogP contribution in [0, 0.1) is 6.92 Å². The van der Waals surface area contributed by atoms with Gasteiger partial charge in [-0.15, -0.1) is 10.2 Å². The number of aromatic nitrogens is 3. The number of rotatable bonds is 3. The van der Waals surface area contributed by atoms with Gasteiger partial charge in [-0.3, -0.25) is 4.40 Å². The molecule has 1 saturated carbocycles. The third-order valence-electron chi connectivity index (χ3n) is 5.29. The van der Waals surface area contributed by atoms with Crippen LogP contribution in [0.4, 0.5) is 13.2 Å². The number of fused-ring (bicyclic) bond motifs is 1. The van der Waals surface area contributed by atoms with Crippen molar-refractivity contribution < 1.29 is 18.3 Å². The molecule has 1 atom stereocenters. The van der Waals surface area contributed by atoms with E-state index in [2.05, 4.69) is 10.2 Å². The quantitative estimate of drug-likeness (QED) is 0.770. The summed E-state index contributed by atoms with van der Waals surface area (Å²) in [5.74, 6) is 0.608. The molecule has 4 rings (SSSR count). The summed E-state index contributed by atoms with van der Waals surface area (Å²) in [6.07, 6.45) is -1.45. The van der Waals surface area contributed by atoms with Gasteiger partial charge in [0.2, 0.25) is 0 Å². The third kappa shape index (κ3) is 2.34. The summed E-state index contributed by atoms with van der Waals surface area (Å²) in [7, 11) is 0. The molecule has 2 aromatic heterocycles. The highest BCUT2D eigenvalue weighted by atomic mass is 19.4. The molecule has 1 N–H and O–H groups in total. The first kappa shape index (κ1) is 17.0. The molecular weight excluding hydrogens is 343 g/mol. The first-order valence-electron chi connectivity index (χ1n) is 8.38. The molecule has 0 spiro atoms. The van der Waals surface area contributed by atoms with Gasteiger partial charge in [0.05, 0.1) is 5.41 Å². The molecule has 0 radical (unpaired) electrons. The molecular formula is C19H18F3N3O. The van der Waals surface area contributed by atoms with E-state index in [4.69, 9.17) is 0 Å². The molecule has 1 fully saturated rings. The zero-order chi connectivity index (χ0) is 18.7. The minimum Gasteiger partial charge on any atom is -0.376 e. The average Bonchev–Trinajstić information content (AvgIpc) is 3.26. The van der Waals surface area contributed by atoms with Crippen LogP contribution in [0.3, 0.4) is 0 Å². The number of aryl methyl sites for hydroxylation is 1. The highest BCUT2D eigenvalue weighted by Crippen LogP contribution is 2.53. The lowest BCUT2D eigenvalue weighted by atomic mass is 9.93. The van der Waals surface area contributed by atoms with Crippen LogP contribution in [0.1, 0.15) is 42.3 Å². The van der Waals surface area contributed by atoms with Crippen molar-refractivity contribution in [2.45, 2.75) is 43.9 Å². The molecule has 136 valence electrons. The Morgan fingerprint density at radius 3 is 2.31 bits per heavy atom. The van der Waals surface area contributed by atoms with E-state index >= 15 is 0 Å². The summed E-state index contributed by atoms with van der Waals surface area (Å²) >= 11 is 0. The van der Waals surface area contributed by atoms with Gasteiger partial charge < -0.3 is 5.11 Å². The molecule has 2 heterocycles. The number of pyridine rings is 1. The molecule has 4 nitrogen and oxygen atoms in total. The van der Waals surface area contributed by atoms with Gasteiger partial charge >= 0.3 is 6.18 Å². The fraction of sp³-hybridized carbons (Fsp3) is 0.368. The maximum atomic E-state index is 13.3. The van der Waals surface area contributed by atoms with Gasteiger partial charge in [0.1, 0.15) is 5.82 Å². The topological polar surface area (TPSA) is 50.4 Å². The highest BCUT2D eigenvalue weighted by Gasteiger charge is 2.54. The van der Waals surface area contributed by atoms with Gasteiger partial charge in [-0.05, 0) is 38.3 Å². The van der Waals surface area contributed by atoms with Gasteiger partial charge in [0.25, 0.3) is 0 Å². The molecule has 0 amide bonds. The van der Waals surface area contributed by atoms with Crippen molar-refractivity contribution in [3.05, 3.63) is 65.1 Å². The van der Waals surface area contributed by atoms with E-state index in [0.29, 0.717) is 5.82 Å². The van der Waals surface area contributed by atoms with Crippen molar-refractivity contribution in [2.24, 2.45) is 0 Å². The van der Waals surface area contributed by atoms with Gasteiger partial charge in [-0.1, -0.05) is 35.9 Å². The zero-order valence-corrected chi connectivity index (χ0v) is 14.4. The molecule has 1 unspecified atom stereocenters. The lowest BCUT2D eigenvalue weighted by Gasteiger charge is -2.26. The molecule has 0 saturated heterocycles. The summed E-state index contributed by atoms with van der Waals surface area (Å²) in [5.41, 5.74) is -1.39. The summed E-state index contributed by atoms with van der Waals surface area (Å²) in [6, 6.07) is 10.8. The summed E-state index contributed by atoms with van der Waals surface area (Å²) in [4.78, 5) is 0. The number of hydrogen-bond donors (Lipinski definition) is 1. The van der Waals surface area contributed by atoms with E-state index in [0.717, 1.165) is 30.9 Å². The van der Waals surface area contributed by atoms with E-state index in [-0.39, 0.29) is 16.6 Å². The zero-order valence-electron chi connectivity index (χ0n) is 14.4. The molecule has 0 aliphatic heterocycles. The largest absolute Gasteiger partial charge is 0.421 e. The Morgan fingerprint density at radius 1 is 1.08 bits per heavy atom. The Balaban J connectivity index is 1.87. The number of hydrogen-bond acceptors (Lipinski definition) is 3. The fourth-order valence-electron chi connectivity index (χ4n) is 3.41. The first-order valence-corrected chi connectivity index (χ1v) is 8.38. The lowest BCUT2D eigenvalue weighted by molar-refractivity contribution is -0.258. The maximum absolute atomic E-state index is 13.3. The molecule has 0 bridgehead atoms. The predicted molar refractivity (Wildman–Crippen MR) is 89.8 cm³/mol. The van der Waals surface area contributed by atoms with Crippen molar-refractivity contribution in [1.29, 1.82) is 0 Å². The Kier molecular flexibility index (Phi) is 3.47. The molecule has 1 aliphatic rings. The van der Waals surface area contributed by atoms with Crippen LogP contribution in [0.2, 0.25) is 0 Å². The summed E-state index contributed by atoms with van der Waals surface area (Å²) in [5, 5.41) is 18.3. The minimum atomic E-state index is -4.81. The Morgan fingerprint density at radius 2 is 1.73 bits per heavy atom. The van der Waals surface area contributed by atoms with Crippen LogP contribution < -0.4 is 0 Å². The SMILES string of the molecule is Cc1ccc(C2(c3nnc4c(C(C)(O)C(F)(F)F)cccn34)CC2)cc1. The number of benzene rings is 1. The average molecular weight is 361 g/mol. The molecule has 7 heteroatoms. The van der Waals surface area contributed by atoms with Crippen LogP contribution in [-0.4, -0.2) is 25.9 Å². The van der Waals surface area contributed by atoms with E-state index in [1.54, 1.807) is 10.6 Å². The van der Waals surface area contributed by atoms with Gasteiger partial charge in [-0.25, -0.2) is 0 Å².